The van der Waals surface area contributed by atoms with Crippen LogP contribution in [0.1, 0.15) is 11.3 Å². The number of benzene rings is 1. The van der Waals surface area contributed by atoms with E-state index in [-0.39, 0.29) is 12.3 Å². The van der Waals surface area contributed by atoms with Gasteiger partial charge in [0.25, 0.3) is 5.69 Å². The number of carboxylic acid groups (broad SMARTS) is 1. The SMILES string of the molecule is O=C(O)COc1ccc(/C=C/c2ccc([N+](=O)[O-])cn2)cc1. The van der Waals surface area contributed by atoms with Gasteiger partial charge in [0.05, 0.1) is 10.6 Å². The number of nitrogens with zero attached hydrogens (tertiary/aromatic N) is 2. The summed E-state index contributed by atoms with van der Waals surface area (Å²) in [6.45, 7) is -0.387. The second-order valence-corrected chi connectivity index (χ2v) is 4.28. The number of aliphatic carboxylic acids is 1. The molecule has 0 saturated carbocycles. The van der Waals surface area contributed by atoms with E-state index in [1.807, 2.05) is 0 Å². The summed E-state index contributed by atoms with van der Waals surface area (Å²) in [5.74, 6) is -0.568. The Kier molecular flexibility index (Phi) is 4.81. The van der Waals surface area contributed by atoms with Gasteiger partial charge in [-0.2, -0.15) is 0 Å². The summed E-state index contributed by atoms with van der Waals surface area (Å²) in [7, 11) is 0. The second kappa shape index (κ2) is 6.98. The maximum atomic E-state index is 10.5. The van der Waals surface area contributed by atoms with Crippen LogP contribution in [0.2, 0.25) is 0 Å². The maximum absolute atomic E-state index is 10.5. The molecular weight excluding hydrogens is 288 g/mol. The molecule has 0 spiro atoms. The molecule has 0 aliphatic rings. The lowest BCUT2D eigenvalue weighted by atomic mass is 10.2. The van der Waals surface area contributed by atoms with E-state index in [4.69, 9.17) is 9.84 Å². The highest BCUT2D eigenvalue weighted by molar-refractivity contribution is 5.69. The first-order valence-electron chi connectivity index (χ1n) is 6.28. The van der Waals surface area contributed by atoms with Gasteiger partial charge in [-0.25, -0.2) is 9.78 Å². The molecular formula is C15H12N2O5. The van der Waals surface area contributed by atoms with Gasteiger partial charge in [0, 0.05) is 6.07 Å². The quantitative estimate of drug-likeness (QED) is 0.649. The lowest BCUT2D eigenvalue weighted by Crippen LogP contribution is -2.09. The van der Waals surface area contributed by atoms with Crippen molar-refractivity contribution >= 4 is 23.8 Å². The van der Waals surface area contributed by atoms with Crippen molar-refractivity contribution in [3.63, 3.8) is 0 Å². The molecule has 22 heavy (non-hydrogen) atoms. The Balaban J connectivity index is 2.00. The molecule has 2 rings (SSSR count). The molecule has 0 atom stereocenters. The fourth-order valence-electron chi connectivity index (χ4n) is 1.61. The van der Waals surface area contributed by atoms with Crippen molar-refractivity contribution in [2.45, 2.75) is 0 Å². The predicted octanol–water partition coefficient (Wildman–Crippen LogP) is 2.62. The Morgan fingerprint density at radius 2 is 1.95 bits per heavy atom. The van der Waals surface area contributed by atoms with Crippen molar-refractivity contribution in [3.05, 3.63) is 64.0 Å². The van der Waals surface area contributed by atoms with Crippen LogP contribution in [0.4, 0.5) is 5.69 Å². The normalized spacial score (nSPS) is 10.5. The maximum Gasteiger partial charge on any atom is 0.341 e. The first-order valence-corrected chi connectivity index (χ1v) is 6.28. The number of ether oxygens (including phenoxy) is 1. The summed E-state index contributed by atoms with van der Waals surface area (Å²) in [5, 5.41) is 19.0. The molecule has 0 amide bonds. The third kappa shape index (κ3) is 4.41. The second-order valence-electron chi connectivity index (χ2n) is 4.28. The number of hydrogen-bond acceptors (Lipinski definition) is 5. The van der Waals surface area contributed by atoms with Crippen LogP contribution < -0.4 is 4.74 Å². The molecule has 7 nitrogen and oxygen atoms in total. The Morgan fingerprint density at radius 3 is 2.50 bits per heavy atom. The van der Waals surface area contributed by atoms with E-state index in [1.165, 1.54) is 12.3 Å². The Morgan fingerprint density at radius 1 is 1.23 bits per heavy atom. The fraction of sp³-hybridized carbons (Fsp3) is 0.0667. The van der Waals surface area contributed by atoms with Crippen LogP contribution in [0.5, 0.6) is 5.75 Å². The van der Waals surface area contributed by atoms with Gasteiger partial charge in [-0.05, 0) is 29.8 Å². The van der Waals surface area contributed by atoms with Gasteiger partial charge in [0.15, 0.2) is 6.61 Å². The van der Waals surface area contributed by atoms with Gasteiger partial charge in [-0.3, -0.25) is 10.1 Å². The van der Waals surface area contributed by atoms with E-state index in [0.717, 1.165) is 5.56 Å². The number of nitro groups is 1. The highest BCUT2D eigenvalue weighted by atomic mass is 16.6. The van der Waals surface area contributed by atoms with Gasteiger partial charge < -0.3 is 9.84 Å². The topological polar surface area (TPSA) is 103 Å². The Labute approximate surface area is 125 Å². The Bertz CT molecular complexity index is 693. The zero-order valence-corrected chi connectivity index (χ0v) is 11.4. The van der Waals surface area contributed by atoms with Gasteiger partial charge in [0.1, 0.15) is 11.9 Å². The van der Waals surface area contributed by atoms with Crippen LogP contribution in [0, 0.1) is 10.1 Å². The number of aromatic nitrogens is 1. The number of carboxylic acids is 1. The summed E-state index contributed by atoms with van der Waals surface area (Å²) < 4.78 is 5.02. The lowest BCUT2D eigenvalue weighted by molar-refractivity contribution is -0.385. The molecule has 0 aliphatic carbocycles. The average molecular weight is 300 g/mol. The van der Waals surface area contributed by atoms with Crippen LogP contribution in [-0.2, 0) is 4.79 Å². The molecule has 1 N–H and O–H groups in total. The average Bonchev–Trinajstić information content (AvgIpc) is 2.52. The first-order chi connectivity index (χ1) is 10.5. The van der Waals surface area contributed by atoms with Gasteiger partial charge in [-0.15, -0.1) is 0 Å². The van der Waals surface area contributed by atoms with Crippen LogP contribution in [0.15, 0.2) is 42.6 Å². The number of carbonyl (C=O) groups is 1. The van der Waals surface area contributed by atoms with Crippen molar-refractivity contribution in [2.24, 2.45) is 0 Å². The summed E-state index contributed by atoms with van der Waals surface area (Å²) in [4.78, 5) is 24.4. The zero-order chi connectivity index (χ0) is 15.9. The molecule has 0 saturated heterocycles. The third-order valence-corrected chi connectivity index (χ3v) is 2.67. The van der Waals surface area contributed by atoms with Crippen molar-refractivity contribution in [2.75, 3.05) is 6.61 Å². The Hall–Kier alpha value is -3.22. The van der Waals surface area contributed by atoms with Crippen LogP contribution >= 0.6 is 0 Å². The van der Waals surface area contributed by atoms with Crippen LogP contribution in [0.3, 0.4) is 0 Å². The van der Waals surface area contributed by atoms with Gasteiger partial charge in [0.2, 0.25) is 0 Å². The highest BCUT2D eigenvalue weighted by Gasteiger charge is 2.03. The van der Waals surface area contributed by atoms with E-state index in [0.29, 0.717) is 11.4 Å². The molecule has 0 aliphatic heterocycles. The molecule has 0 fully saturated rings. The van der Waals surface area contributed by atoms with Gasteiger partial charge in [-0.1, -0.05) is 18.2 Å². The zero-order valence-electron chi connectivity index (χ0n) is 11.4. The molecule has 0 radical (unpaired) electrons. The molecule has 1 aromatic heterocycles. The molecule has 0 unspecified atom stereocenters. The molecule has 0 bridgehead atoms. The lowest BCUT2D eigenvalue weighted by Gasteiger charge is -2.02. The van der Waals surface area contributed by atoms with Crippen LogP contribution in [0.25, 0.3) is 12.2 Å². The smallest absolute Gasteiger partial charge is 0.341 e. The summed E-state index contributed by atoms with van der Waals surface area (Å²) in [6, 6.07) is 9.78. The van der Waals surface area contributed by atoms with E-state index >= 15 is 0 Å². The van der Waals surface area contributed by atoms with Crippen LogP contribution in [-0.4, -0.2) is 27.6 Å². The van der Waals surface area contributed by atoms with Crippen molar-refractivity contribution < 1.29 is 19.6 Å². The number of rotatable bonds is 6. The highest BCUT2D eigenvalue weighted by Crippen LogP contribution is 2.15. The van der Waals surface area contributed by atoms with Crippen molar-refractivity contribution in [1.29, 1.82) is 0 Å². The number of hydrogen-bond donors (Lipinski definition) is 1. The van der Waals surface area contributed by atoms with E-state index < -0.39 is 10.9 Å². The monoisotopic (exact) mass is 300 g/mol. The van der Waals surface area contributed by atoms with Crippen molar-refractivity contribution in [3.8, 4) is 5.75 Å². The third-order valence-electron chi connectivity index (χ3n) is 2.67. The summed E-state index contributed by atoms with van der Waals surface area (Å²) in [5.41, 5.74) is 1.40. The van der Waals surface area contributed by atoms with Crippen molar-refractivity contribution in [1.82, 2.24) is 4.98 Å². The minimum atomic E-state index is -1.03. The molecule has 2 aromatic rings. The molecule has 1 aromatic carbocycles. The van der Waals surface area contributed by atoms with Gasteiger partial charge >= 0.3 is 5.97 Å². The minimum absolute atomic E-state index is 0.0583. The predicted molar refractivity (Wildman–Crippen MR) is 79.4 cm³/mol. The summed E-state index contributed by atoms with van der Waals surface area (Å²) in [6.07, 6.45) is 4.70. The van der Waals surface area contributed by atoms with E-state index in [2.05, 4.69) is 4.98 Å². The molecule has 7 heteroatoms. The summed E-state index contributed by atoms with van der Waals surface area (Å²) >= 11 is 0. The van der Waals surface area contributed by atoms with E-state index in [1.54, 1.807) is 42.5 Å². The standard InChI is InChI=1S/C15H12N2O5/c18-15(19)10-22-14-7-2-11(3-8-14)1-4-12-5-6-13(9-16-12)17(20)21/h1-9H,10H2,(H,18,19)/b4-1+. The molecule has 112 valence electrons. The first kappa shape index (κ1) is 15.2. The molecule has 1 heterocycles. The largest absolute Gasteiger partial charge is 0.482 e. The number of pyridine rings is 1. The minimum Gasteiger partial charge on any atom is -0.482 e. The fourth-order valence-corrected chi connectivity index (χ4v) is 1.61. The van der Waals surface area contributed by atoms with E-state index in [9.17, 15) is 14.9 Å².